The Morgan fingerprint density at radius 1 is 0.886 bits per heavy atom. The number of unbranched alkanes of at least 4 members (excludes halogenated alkanes) is 1. The fourth-order valence-corrected chi connectivity index (χ4v) is 3.42. The topological polar surface area (TPSA) is 106 Å². The molecule has 8 nitrogen and oxygen atoms in total. The third-order valence-corrected chi connectivity index (χ3v) is 4.93. The highest BCUT2D eigenvalue weighted by Gasteiger charge is 2.25. The molecule has 0 saturated heterocycles. The predicted molar refractivity (Wildman–Crippen MR) is 138 cm³/mol. The molecule has 1 rings (SSSR count). The van der Waals surface area contributed by atoms with Gasteiger partial charge in [0.1, 0.15) is 17.2 Å². The van der Waals surface area contributed by atoms with E-state index in [4.69, 9.17) is 9.47 Å². The van der Waals surface area contributed by atoms with Crippen molar-refractivity contribution in [3.8, 4) is 0 Å². The zero-order chi connectivity index (χ0) is 26.6. The molecule has 3 N–H and O–H groups in total. The minimum Gasteiger partial charge on any atom is -0.444 e. The SMILES string of the molecule is CCc1cccc(CC(C)NC(=O)C(CCCCNC(=O)OC(C)(C)C)NC(=O)OC(C)(C)C)c1. The van der Waals surface area contributed by atoms with Crippen molar-refractivity contribution in [2.75, 3.05) is 6.54 Å². The van der Waals surface area contributed by atoms with Crippen LogP contribution < -0.4 is 16.0 Å². The Kier molecular flexibility index (Phi) is 12.1. The third-order valence-electron chi connectivity index (χ3n) is 4.93. The van der Waals surface area contributed by atoms with Gasteiger partial charge < -0.3 is 25.4 Å². The highest BCUT2D eigenvalue weighted by molar-refractivity contribution is 5.85. The largest absolute Gasteiger partial charge is 0.444 e. The van der Waals surface area contributed by atoms with Gasteiger partial charge in [-0.05, 0) is 91.7 Å². The fourth-order valence-electron chi connectivity index (χ4n) is 3.42. The van der Waals surface area contributed by atoms with Crippen LogP contribution in [0.2, 0.25) is 0 Å². The molecule has 0 aliphatic rings. The molecule has 1 aromatic rings. The summed E-state index contributed by atoms with van der Waals surface area (Å²) in [4.78, 5) is 37.2. The molecule has 0 aliphatic carbocycles. The van der Waals surface area contributed by atoms with Crippen LogP contribution in [0.4, 0.5) is 9.59 Å². The van der Waals surface area contributed by atoms with Crippen molar-refractivity contribution in [3.63, 3.8) is 0 Å². The average Bonchev–Trinajstić information content (AvgIpc) is 2.69. The van der Waals surface area contributed by atoms with E-state index in [1.54, 1.807) is 41.5 Å². The lowest BCUT2D eigenvalue weighted by atomic mass is 10.0. The number of hydrogen-bond donors (Lipinski definition) is 3. The molecule has 1 aromatic carbocycles. The van der Waals surface area contributed by atoms with Crippen molar-refractivity contribution in [2.45, 2.75) is 111 Å². The van der Waals surface area contributed by atoms with Crippen LogP contribution in [0.5, 0.6) is 0 Å². The first-order valence-electron chi connectivity index (χ1n) is 12.5. The van der Waals surface area contributed by atoms with Crippen LogP contribution in [-0.2, 0) is 27.1 Å². The van der Waals surface area contributed by atoms with Crippen molar-refractivity contribution in [2.24, 2.45) is 0 Å². The Balaban J connectivity index is 2.66. The van der Waals surface area contributed by atoms with E-state index in [0.29, 0.717) is 32.2 Å². The van der Waals surface area contributed by atoms with Gasteiger partial charge in [0.05, 0.1) is 0 Å². The quantitative estimate of drug-likeness (QED) is 0.383. The Labute approximate surface area is 210 Å². The maximum Gasteiger partial charge on any atom is 0.408 e. The molecular formula is C27H45N3O5. The van der Waals surface area contributed by atoms with Crippen LogP contribution in [0.3, 0.4) is 0 Å². The second-order valence-corrected chi connectivity index (χ2v) is 10.9. The molecule has 35 heavy (non-hydrogen) atoms. The molecule has 3 amide bonds. The van der Waals surface area contributed by atoms with E-state index in [1.807, 2.05) is 13.0 Å². The first kappa shape index (κ1) is 30.3. The highest BCUT2D eigenvalue weighted by Crippen LogP contribution is 2.11. The van der Waals surface area contributed by atoms with Gasteiger partial charge in [0.15, 0.2) is 0 Å². The predicted octanol–water partition coefficient (Wildman–Crippen LogP) is 4.88. The number of nitrogens with one attached hydrogen (secondary N) is 3. The number of aryl methyl sites for hydroxylation is 1. The van der Waals surface area contributed by atoms with Crippen LogP contribution in [0.1, 0.15) is 85.8 Å². The number of benzene rings is 1. The van der Waals surface area contributed by atoms with Gasteiger partial charge in [0.25, 0.3) is 0 Å². The molecule has 0 saturated carbocycles. The smallest absolute Gasteiger partial charge is 0.408 e. The first-order valence-corrected chi connectivity index (χ1v) is 12.5. The van der Waals surface area contributed by atoms with Gasteiger partial charge in [-0.25, -0.2) is 9.59 Å². The van der Waals surface area contributed by atoms with Gasteiger partial charge in [0.2, 0.25) is 5.91 Å². The van der Waals surface area contributed by atoms with Crippen molar-refractivity contribution in [3.05, 3.63) is 35.4 Å². The highest BCUT2D eigenvalue weighted by atomic mass is 16.6. The molecule has 2 atom stereocenters. The maximum absolute atomic E-state index is 13.0. The lowest BCUT2D eigenvalue weighted by Crippen LogP contribution is -2.50. The van der Waals surface area contributed by atoms with Crippen molar-refractivity contribution in [1.29, 1.82) is 0 Å². The van der Waals surface area contributed by atoms with E-state index in [1.165, 1.54) is 5.56 Å². The average molecular weight is 492 g/mol. The van der Waals surface area contributed by atoms with E-state index in [0.717, 1.165) is 12.0 Å². The lowest BCUT2D eigenvalue weighted by Gasteiger charge is -2.24. The van der Waals surface area contributed by atoms with E-state index in [-0.39, 0.29) is 11.9 Å². The number of carbonyl (C=O) groups is 3. The summed E-state index contributed by atoms with van der Waals surface area (Å²) >= 11 is 0. The first-order chi connectivity index (χ1) is 16.2. The van der Waals surface area contributed by atoms with Crippen LogP contribution in [-0.4, -0.2) is 47.9 Å². The second kappa shape index (κ2) is 14.0. The van der Waals surface area contributed by atoms with Gasteiger partial charge in [-0.15, -0.1) is 0 Å². The Morgan fingerprint density at radius 3 is 2.09 bits per heavy atom. The minimum absolute atomic E-state index is 0.105. The van der Waals surface area contributed by atoms with Crippen molar-refractivity contribution >= 4 is 18.1 Å². The van der Waals surface area contributed by atoms with E-state index in [9.17, 15) is 14.4 Å². The molecule has 0 fully saturated rings. The van der Waals surface area contributed by atoms with E-state index in [2.05, 4.69) is 41.1 Å². The summed E-state index contributed by atoms with van der Waals surface area (Å²) in [5.74, 6) is -0.255. The summed E-state index contributed by atoms with van der Waals surface area (Å²) in [6, 6.07) is 7.47. The summed E-state index contributed by atoms with van der Waals surface area (Å²) < 4.78 is 10.6. The number of hydrogen-bond acceptors (Lipinski definition) is 5. The van der Waals surface area contributed by atoms with Gasteiger partial charge in [-0.2, -0.15) is 0 Å². The third kappa shape index (κ3) is 14.3. The number of ether oxygens (including phenoxy) is 2. The van der Waals surface area contributed by atoms with Crippen molar-refractivity contribution in [1.82, 2.24) is 16.0 Å². The number of carbonyl (C=O) groups excluding carboxylic acids is 3. The normalized spacial score (nSPS) is 13.4. The maximum atomic E-state index is 13.0. The minimum atomic E-state index is -0.740. The molecule has 0 aromatic heterocycles. The van der Waals surface area contributed by atoms with E-state index >= 15 is 0 Å². The summed E-state index contributed by atoms with van der Waals surface area (Å²) in [5.41, 5.74) is 1.19. The molecule has 0 heterocycles. The Hall–Kier alpha value is -2.77. The van der Waals surface area contributed by atoms with Gasteiger partial charge in [0, 0.05) is 12.6 Å². The standard InChI is InChI=1S/C27H45N3O5/c1-9-20-13-12-14-21(18-20)17-19(2)29-23(31)22(30-25(33)35-27(6,7)8)15-10-11-16-28-24(32)34-26(3,4)5/h12-14,18-19,22H,9-11,15-17H2,1-8H3,(H,28,32)(H,29,31)(H,30,33). The second-order valence-electron chi connectivity index (χ2n) is 10.9. The fraction of sp³-hybridized carbons (Fsp3) is 0.667. The van der Waals surface area contributed by atoms with Gasteiger partial charge >= 0.3 is 12.2 Å². The molecule has 2 unspecified atom stereocenters. The van der Waals surface area contributed by atoms with Crippen LogP contribution >= 0.6 is 0 Å². The lowest BCUT2D eigenvalue weighted by molar-refractivity contribution is -0.124. The van der Waals surface area contributed by atoms with E-state index < -0.39 is 29.4 Å². The summed E-state index contributed by atoms with van der Waals surface area (Å²) in [5, 5.41) is 8.44. The number of alkyl carbamates (subject to hydrolysis) is 2. The van der Waals surface area contributed by atoms with Gasteiger partial charge in [-0.3, -0.25) is 4.79 Å². The van der Waals surface area contributed by atoms with Crippen LogP contribution in [0, 0.1) is 0 Å². The zero-order valence-electron chi connectivity index (χ0n) is 22.7. The molecule has 0 bridgehead atoms. The van der Waals surface area contributed by atoms with Crippen molar-refractivity contribution < 1.29 is 23.9 Å². The monoisotopic (exact) mass is 491 g/mol. The van der Waals surface area contributed by atoms with Gasteiger partial charge in [-0.1, -0.05) is 31.2 Å². The molecular weight excluding hydrogens is 446 g/mol. The van der Waals surface area contributed by atoms with Crippen LogP contribution in [0.25, 0.3) is 0 Å². The molecule has 8 heteroatoms. The molecule has 0 aliphatic heterocycles. The summed E-state index contributed by atoms with van der Waals surface area (Å²) in [7, 11) is 0. The number of amides is 3. The molecule has 0 radical (unpaired) electrons. The Morgan fingerprint density at radius 2 is 1.49 bits per heavy atom. The zero-order valence-corrected chi connectivity index (χ0v) is 22.7. The Bertz CT molecular complexity index is 827. The summed E-state index contributed by atoms with van der Waals surface area (Å²) in [6.07, 6.45) is 2.22. The summed E-state index contributed by atoms with van der Waals surface area (Å²) in [6.45, 7) is 15.2. The molecule has 198 valence electrons. The van der Waals surface area contributed by atoms with Crippen LogP contribution in [0.15, 0.2) is 24.3 Å². The molecule has 0 spiro atoms. The number of rotatable bonds is 11.